The summed E-state index contributed by atoms with van der Waals surface area (Å²) in [6.07, 6.45) is 3.14. The number of halogens is 1. The third kappa shape index (κ3) is 3.37. The van der Waals surface area contributed by atoms with Crippen molar-refractivity contribution in [2.45, 2.75) is 32.4 Å². The van der Waals surface area contributed by atoms with Crippen LogP contribution in [-0.4, -0.2) is 33.1 Å². The van der Waals surface area contributed by atoms with Crippen LogP contribution in [0.15, 0.2) is 42.6 Å². The lowest BCUT2D eigenvalue weighted by Gasteiger charge is -2.34. The van der Waals surface area contributed by atoms with E-state index in [0.717, 1.165) is 60.3 Å². The first-order valence-electron chi connectivity index (χ1n) is 9.20. The first kappa shape index (κ1) is 17.2. The fourth-order valence-corrected chi connectivity index (χ4v) is 3.96. The lowest BCUT2D eigenvalue weighted by molar-refractivity contribution is 0.0537. The van der Waals surface area contributed by atoms with Crippen LogP contribution in [0.2, 0.25) is 0 Å². The summed E-state index contributed by atoms with van der Waals surface area (Å²) in [5, 5.41) is 11.5. The third-order valence-corrected chi connectivity index (χ3v) is 5.58. The Hall–Kier alpha value is -2.24. The van der Waals surface area contributed by atoms with E-state index in [4.69, 9.17) is 0 Å². The second-order valence-corrected chi connectivity index (χ2v) is 7.23. The highest BCUT2D eigenvalue weighted by Crippen LogP contribution is 2.31. The number of nitrogens with zero attached hydrogens (tertiary/aromatic N) is 2. The normalized spacial score (nSPS) is 17.7. The minimum Gasteiger partial charge on any atom is -0.387 e. The number of fused-ring (bicyclic) bond motifs is 1. The van der Waals surface area contributed by atoms with Gasteiger partial charge in [0, 0.05) is 29.3 Å². The zero-order chi connectivity index (χ0) is 18.1. The molecule has 3 heterocycles. The van der Waals surface area contributed by atoms with Gasteiger partial charge in [0.1, 0.15) is 5.82 Å². The van der Waals surface area contributed by atoms with Crippen molar-refractivity contribution in [3.8, 4) is 0 Å². The van der Waals surface area contributed by atoms with Crippen LogP contribution >= 0.6 is 0 Å². The van der Waals surface area contributed by atoms with E-state index in [1.807, 2.05) is 25.1 Å². The highest BCUT2D eigenvalue weighted by Gasteiger charge is 2.27. The van der Waals surface area contributed by atoms with Crippen LogP contribution in [0.5, 0.6) is 0 Å². The largest absolute Gasteiger partial charge is 0.387 e. The van der Waals surface area contributed by atoms with Gasteiger partial charge in [0.15, 0.2) is 0 Å². The summed E-state index contributed by atoms with van der Waals surface area (Å²) in [7, 11) is 0. The summed E-state index contributed by atoms with van der Waals surface area (Å²) in [5.74, 6) is 0.0505. The molecule has 0 aliphatic carbocycles. The number of pyridine rings is 1. The summed E-state index contributed by atoms with van der Waals surface area (Å²) >= 11 is 0. The Morgan fingerprint density at radius 2 is 2.08 bits per heavy atom. The number of aromatic nitrogens is 2. The number of aryl methyl sites for hydroxylation is 1. The summed E-state index contributed by atoms with van der Waals surface area (Å²) in [5.41, 5.74) is 4.02. The number of benzene rings is 1. The predicted octanol–water partition coefficient (Wildman–Crippen LogP) is 3.96. The van der Waals surface area contributed by atoms with Crippen molar-refractivity contribution in [2.75, 3.05) is 13.1 Å². The van der Waals surface area contributed by atoms with Gasteiger partial charge in [-0.2, -0.15) is 0 Å². The maximum atomic E-state index is 13.5. The highest BCUT2D eigenvalue weighted by molar-refractivity contribution is 5.84. The molecule has 2 aromatic heterocycles. The molecular formula is C21H24FN3O. The molecule has 136 valence electrons. The lowest BCUT2D eigenvalue weighted by Crippen LogP contribution is -2.35. The van der Waals surface area contributed by atoms with Crippen molar-refractivity contribution in [1.29, 1.82) is 0 Å². The molecule has 3 aromatic rings. The highest BCUT2D eigenvalue weighted by atomic mass is 19.1. The first-order valence-corrected chi connectivity index (χ1v) is 9.20. The molecule has 0 amide bonds. The fraction of sp³-hybridized carbons (Fsp3) is 0.381. The standard InChI is InChI=1S/C21H24FN3O/c1-14-17-12-16(22)5-6-18(17)24-20(14)13-25-10-7-15(8-11-25)21(26)19-4-2-3-9-23-19/h2-6,9,12,15,21,24,26H,7-8,10-11,13H2,1H3/t21-/m1/s1. The second kappa shape index (κ2) is 7.17. The summed E-state index contributed by atoms with van der Waals surface area (Å²) in [6, 6.07) is 10.6. The average molecular weight is 353 g/mol. The molecule has 4 nitrogen and oxygen atoms in total. The molecule has 0 bridgehead atoms. The summed E-state index contributed by atoms with van der Waals surface area (Å²) in [4.78, 5) is 10.1. The second-order valence-electron chi connectivity index (χ2n) is 7.23. The summed E-state index contributed by atoms with van der Waals surface area (Å²) in [6.45, 7) is 4.76. The summed E-state index contributed by atoms with van der Waals surface area (Å²) < 4.78 is 13.5. The number of aliphatic hydroxyl groups excluding tert-OH is 1. The van der Waals surface area contributed by atoms with Crippen LogP contribution in [0.25, 0.3) is 10.9 Å². The molecule has 1 atom stereocenters. The number of piperidine rings is 1. The van der Waals surface area contributed by atoms with Gasteiger partial charge in [-0.05, 0) is 74.7 Å². The van der Waals surface area contributed by atoms with Crippen LogP contribution in [0.1, 0.15) is 35.9 Å². The Morgan fingerprint density at radius 3 is 2.81 bits per heavy atom. The first-order chi connectivity index (χ1) is 12.6. The molecule has 0 unspecified atom stereocenters. The van der Waals surface area contributed by atoms with Gasteiger partial charge < -0.3 is 10.1 Å². The SMILES string of the molecule is Cc1c(CN2CCC([C@@H](O)c3ccccn3)CC2)[nH]c2ccc(F)cc12. The molecule has 1 aliphatic rings. The zero-order valence-corrected chi connectivity index (χ0v) is 15.0. The van der Waals surface area contributed by atoms with Crippen LogP contribution in [0, 0.1) is 18.7 Å². The van der Waals surface area contributed by atoms with Crippen molar-refractivity contribution in [3.05, 3.63) is 65.4 Å². The molecule has 0 saturated carbocycles. The van der Waals surface area contributed by atoms with Crippen molar-refractivity contribution in [2.24, 2.45) is 5.92 Å². The van der Waals surface area contributed by atoms with Crippen LogP contribution < -0.4 is 0 Å². The number of rotatable bonds is 4. The van der Waals surface area contributed by atoms with Gasteiger partial charge in [-0.25, -0.2) is 4.39 Å². The fourth-order valence-electron chi connectivity index (χ4n) is 3.96. The molecule has 26 heavy (non-hydrogen) atoms. The van der Waals surface area contributed by atoms with E-state index in [1.54, 1.807) is 18.3 Å². The van der Waals surface area contributed by atoms with Crippen LogP contribution in [0.4, 0.5) is 4.39 Å². The minimum absolute atomic E-state index is 0.199. The molecule has 1 aromatic carbocycles. The van der Waals surface area contributed by atoms with Crippen molar-refractivity contribution in [1.82, 2.24) is 14.9 Å². The van der Waals surface area contributed by atoms with E-state index in [0.29, 0.717) is 0 Å². The average Bonchev–Trinajstić information content (AvgIpc) is 2.98. The van der Waals surface area contributed by atoms with E-state index in [2.05, 4.69) is 14.9 Å². The number of nitrogens with one attached hydrogen (secondary N) is 1. The Morgan fingerprint density at radius 1 is 1.27 bits per heavy atom. The topological polar surface area (TPSA) is 52.1 Å². The van der Waals surface area contributed by atoms with E-state index < -0.39 is 6.10 Å². The van der Waals surface area contributed by atoms with Gasteiger partial charge in [0.2, 0.25) is 0 Å². The number of aromatic amines is 1. The maximum absolute atomic E-state index is 13.5. The van der Waals surface area contributed by atoms with Gasteiger partial charge in [-0.15, -0.1) is 0 Å². The number of hydrogen-bond donors (Lipinski definition) is 2. The van der Waals surface area contributed by atoms with Gasteiger partial charge in [-0.3, -0.25) is 9.88 Å². The molecular weight excluding hydrogens is 329 g/mol. The Labute approximate surface area is 152 Å². The number of H-pyrrole nitrogens is 1. The maximum Gasteiger partial charge on any atom is 0.123 e. The number of hydrogen-bond acceptors (Lipinski definition) is 3. The molecule has 0 spiro atoms. The monoisotopic (exact) mass is 353 g/mol. The predicted molar refractivity (Wildman–Crippen MR) is 100 cm³/mol. The van der Waals surface area contributed by atoms with Gasteiger partial charge in [-0.1, -0.05) is 6.07 Å². The zero-order valence-electron chi connectivity index (χ0n) is 15.0. The quantitative estimate of drug-likeness (QED) is 0.747. The van der Waals surface area contributed by atoms with E-state index >= 15 is 0 Å². The molecule has 4 rings (SSSR count). The number of aliphatic hydroxyl groups is 1. The van der Waals surface area contributed by atoms with Gasteiger partial charge in [0.25, 0.3) is 0 Å². The molecule has 1 saturated heterocycles. The third-order valence-electron chi connectivity index (χ3n) is 5.58. The van der Waals surface area contributed by atoms with E-state index in [1.165, 1.54) is 6.07 Å². The minimum atomic E-state index is -0.490. The molecule has 1 aliphatic heterocycles. The molecule has 5 heteroatoms. The van der Waals surface area contributed by atoms with Crippen molar-refractivity contribution < 1.29 is 9.50 Å². The van der Waals surface area contributed by atoms with Gasteiger partial charge >= 0.3 is 0 Å². The molecule has 1 fully saturated rings. The smallest absolute Gasteiger partial charge is 0.123 e. The van der Waals surface area contributed by atoms with Crippen LogP contribution in [0.3, 0.4) is 0 Å². The van der Waals surface area contributed by atoms with Gasteiger partial charge in [0.05, 0.1) is 11.8 Å². The molecule has 0 radical (unpaired) electrons. The van der Waals surface area contributed by atoms with Crippen LogP contribution in [-0.2, 0) is 6.54 Å². The van der Waals surface area contributed by atoms with Crippen molar-refractivity contribution in [3.63, 3.8) is 0 Å². The lowest BCUT2D eigenvalue weighted by atomic mass is 9.89. The Balaban J connectivity index is 1.40. The van der Waals surface area contributed by atoms with E-state index in [-0.39, 0.29) is 11.7 Å². The van der Waals surface area contributed by atoms with Crippen molar-refractivity contribution >= 4 is 10.9 Å². The number of likely N-dealkylation sites (tertiary alicyclic amines) is 1. The molecule has 2 N–H and O–H groups in total. The Kier molecular flexibility index (Phi) is 4.74. The Bertz CT molecular complexity index is 885. The van der Waals surface area contributed by atoms with E-state index in [9.17, 15) is 9.50 Å².